The van der Waals surface area contributed by atoms with Gasteiger partial charge in [-0.1, -0.05) is 36.4 Å². The molecule has 0 spiro atoms. The molecule has 4 aromatic rings. The number of imidazole rings is 1. The minimum atomic E-state index is -4.33. The molecule has 1 atom stereocenters. The molecule has 42 heavy (non-hydrogen) atoms. The van der Waals surface area contributed by atoms with Crippen molar-refractivity contribution >= 4 is 11.5 Å². The Kier molecular flexibility index (Phi) is 7.46. The van der Waals surface area contributed by atoms with Crippen LogP contribution >= 0.6 is 0 Å². The highest BCUT2D eigenvalue weighted by Crippen LogP contribution is 2.31. The fraction of sp³-hybridized carbons (Fsp3) is 0.300. The van der Waals surface area contributed by atoms with Gasteiger partial charge >= 0.3 is 18.0 Å². The second kappa shape index (κ2) is 11.4. The number of nitro groups is 1. The Hall–Kier alpha value is -4.58. The maximum absolute atomic E-state index is 12.8. The summed E-state index contributed by atoms with van der Waals surface area (Å²) in [5.41, 5.74) is 3.28. The van der Waals surface area contributed by atoms with E-state index in [-0.39, 0.29) is 17.9 Å². The second-order valence-electron chi connectivity index (χ2n) is 10.4. The molecule has 1 fully saturated rings. The van der Waals surface area contributed by atoms with E-state index in [2.05, 4.69) is 14.8 Å². The average molecular weight is 580 g/mol. The first kappa shape index (κ1) is 27.6. The number of aromatic nitrogens is 2. The fourth-order valence-corrected chi connectivity index (χ4v) is 5.21. The molecule has 12 heteroatoms. The van der Waals surface area contributed by atoms with Gasteiger partial charge in [-0.2, -0.15) is 13.2 Å². The number of rotatable bonds is 8. The Bertz CT molecular complexity index is 1510. The van der Waals surface area contributed by atoms with Crippen molar-refractivity contribution in [3.05, 3.63) is 100 Å². The second-order valence-corrected chi connectivity index (χ2v) is 10.4. The lowest BCUT2D eigenvalue weighted by atomic mass is 10.0. The van der Waals surface area contributed by atoms with Crippen LogP contribution in [0.5, 0.6) is 11.8 Å². The van der Waals surface area contributed by atoms with Crippen LogP contribution in [0, 0.1) is 10.1 Å². The minimum Gasteiger partial charge on any atom is -0.490 e. The van der Waals surface area contributed by atoms with Crippen LogP contribution in [-0.4, -0.2) is 58.3 Å². The van der Waals surface area contributed by atoms with Crippen molar-refractivity contribution in [3.8, 4) is 22.9 Å². The highest BCUT2D eigenvalue weighted by atomic mass is 19.4. The summed E-state index contributed by atoms with van der Waals surface area (Å²) in [4.78, 5) is 18.9. The number of halogens is 3. The molecule has 0 amide bonds. The van der Waals surface area contributed by atoms with Crippen molar-refractivity contribution in [3.63, 3.8) is 0 Å². The predicted molar refractivity (Wildman–Crippen MR) is 150 cm³/mol. The Labute approximate surface area is 239 Å². The Morgan fingerprint density at radius 3 is 2.17 bits per heavy atom. The number of anilines is 1. The van der Waals surface area contributed by atoms with Gasteiger partial charge in [0, 0.05) is 43.4 Å². The maximum atomic E-state index is 12.8. The first-order chi connectivity index (χ1) is 20.2. The third-order valence-corrected chi connectivity index (χ3v) is 7.50. The zero-order chi connectivity index (χ0) is 29.3. The van der Waals surface area contributed by atoms with Gasteiger partial charge in [0.15, 0.2) is 6.10 Å². The van der Waals surface area contributed by atoms with Crippen LogP contribution in [0.15, 0.2) is 79.0 Å². The van der Waals surface area contributed by atoms with Crippen LogP contribution in [0.4, 0.5) is 24.7 Å². The lowest BCUT2D eigenvalue weighted by molar-refractivity contribution is -0.389. The van der Waals surface area contributed by atoms with Crippen LogP contribution in [0.2, 0.25) is 0 Å². The largest absolute Gasteiger partial charge is 0.490 e. The molecular weight excluding hydrogens is 551 g/mol. The summed E-state index contributed by atoms with van der Waals surface area (Å²) in [6, 6.07) is 21.4. The number of nitrogens with zero attached hydrogens (tertiary/aromatic N) is 5. The Morgan fingerprint density at radius 2 is 1.57 bits per heavy atom. The number of alkyl halides is 3. The normalized spacial score (nSPS) is 17.1. The third kappa shape index (κ3) is 6.18. The quantitative estimate of drug-likeness (QED) is 0.197. The van der Waals surface area contributed by atoms with E-state index in [0.717, 1.165) is 73.0 Å². The number of hydrogen-bond donors (Lipinski definition) is 0. The smallest absolute Gasteiger partial charge is 0.416 e. The van der Waals surface area contributed by atoms with E-state index in [1.54, 1.807) is 4.57 Å². The molecule has 0 aliphatic carbocycles. The molecule has 2 aliphatic rings. The molecule has 0 saturated carbocycles. The topological polar surface area (TPSA) is 85.9 Å². The highest BCUT2D eigenvalue weighted by Gasteiger charge is 2.32. The molecular formula is C30H28F3N5O4. The van der Waals surface area contributed by atoms with E-state index in [9.17, 15) is 23.3 Å². The first-order valence-corrected chi connectivity index (χ1v) is 13.6. The minimum absolute atomic E-state index is 0.228. The van der Waals surface area contributed by atoms with Crippen molar-refractivity contribution in [1.29, 1.82) is 0 Å². The van der Waals surface area contributed by atoms with Crippen molar-refractivity contribution in [2.24, 2.45) is 0 Å². The number of piperazine rings is 1. The van der Waals surface area contributed by atoms with Gasteiger partial charge in [0.2, 0.25) is 0 Å². The standard InChI is InChI=1S/C30H28F3N5O4/c31-30(32,33)24-7-5-23(6-8-24)22-3-1-21(2-4-22)17-35-13-15-36(16-14-35)25-9-11-26(12-10-25)41-20-27-18-37-19-28(38(39)40)34-29(37)42-27/h1-12,19,27H,13-18,20H2/t27-/m0/s1. The molecule has 0 N–H and O–H groups in total. The summed E-state index contributed by atoms with van der Waals surface area (Å²) in [6.45, 7) is 5.15. The lowest BCUT2D eigenvalue weighted by Crippen LogP contribution is -2.45. The molecule has 6 rings (SSSR count). The molecule has 2 aliphatic heterocycles. The Morgan fingerprint density at radius 1 is 0.929 bits per heavy atom. The van der Waals surface area contributed by atoms with Gasteiger partial charge in [0.25, 0.3) is 0 Å². The molecule has 3 heterocycles. The molecule has 0 bridgehead atoms. The van der Waals surface area contributed by atoms with Gasteiger partial charge in [-0.15, -0.1) is 0 Å². The number of fused-ring (bicyclic) bond motifs is 1. The summed E-state index contributed by atoms with van der Waals surface area (Å²) in [7, 11) is 0. The van der Waals surface area contributed by atoms with E-state index >= 15 is 0 Å². The molecule has 0 unspecified atom stereocenters. The molecule has 1 aromatic heterocycles. The summed E-state index contributed by atoms with van der Waals surface area (Å²) in [6.07, 6.45) is -3.23. The van der Waals surface area contributed by atoms with Crippen molar-refractivity contribution < 1.29 is 27.6 Å². The zero-order valence-corrected chi connectivity index (χ0v) is 22.5. The maximum Gasteiger partial charge on any atom is 0.416 e. The van der Waals surface area contributed by atoms with Gasteiger partial charge in [0.05, 0.1) is 12.1 Å². The summed E-state index contributed by atoms with van der Waals surface area (Å²) >= 11 is 0. The molecule has 9 nitrogen and oxygen atoms in total. The van der Waals surface area contributed by atoms with Crippen LogP contribution in [0.3, 0.4) is 0 Å². The molecule has 0 radical (unpaired) electrons. The average Bonchev–Trinajstić information content (AvgIpc) is 3.57. The number of ether oxygens (including phenoxy) is 2. The number of hydrogen-bond acceptors (Lipinski definition) is 7. The van der Waals surface area contributed by atoms with Gasteiger partial charge < -0.3 is 24.5 Å². The Balaban J connectivity index is 0.948. The lowest BCUT2D eigenvalue weighted by Gasteiger charge is -2.36. The zero-order valence-electron chi connectivity index (χ0n) is 22.5. The van der Waals surface area contributed by atoms with E-state index in [4.69, 9.17) is 9.47 Å². The van der Waals surface area contributed by atoms with Crippen molar-refractivity contribution in [1.82, 2.24) is 14.5 Å². The van der Waals surface area contributed by atoms with Crippen LogP contribution < -0.4 is 14.4 Å². The third-order valence-electron chi connectivity index (χ3n) is 7.50. The van der Waals surface area contributed by atoms with E-state index in [1.165, 1.54) is 18.3 Å². The van der Waals surface area contributed by atoms with E-state index < -0.39 is 16.7 Å². The first-order valence-electron chi connectivity index (χ1n) is 13.6. The van der Waals surface area contributed by atoms with Crippen molar-refractivity contribution in [2.45, 2.75) is 25.4 Å². The number of benzene rings is 3. The molecule has 218 valence electrons. The van der Waals surface area contributed by atoms with Crippen LogP contribution in [0.1, 0.15) is 11.1 Å². The molecule has 3 aromatic carbocycles. The van der Waals surface area contributed by atoms with Gasteiger partial charge in [0.1, 0.15) is 18.6 Å². The predicted octanol–water partition coefficient (Wildman–Crippen LogP) is 5.64. The highest BCUT2D eigenvalue weighted by molar-refractivity contribution is 5.64. The monoisotopic (exact) mass is 579 g/mol. The van der Waals surface area contributed by atoms with Gasteiger partial charge in [-0.25, -0.2) is 0 Å². The van der Waals surface area contributed by atoms with Gasteiger partial charge in [-0.05, 0) is 58.0 Å². The van der Waals surface area contributed by atoms with E-state index in [0.29, 0.717) is 13.2 Å². The SMILES string of the molecule is O=[N+]([O-])c1cn2c(n1)O[C@H](COc1ccc(N3CCN(Cc4ccc(-c5ccc(C(F)(F)F)cc5)cc4)CC3)cc1)C2. The summed E-state index contributed by atoms with van der Waals surface area (Å²) in [5, 5.41) is 10.8. The summed E-state index contributed by atoms with van der Waals surface area (Å²) in [5.74, 6) is 0.491. The fourth-order valence-electron chi connectivity index (χ4n) is 5.21. The van der Waals surface area contributed by atoms with E-state index in [1.807, 2.05) is 48.5 Å². The van der Waals surface area contributed by atoms with Gasteiger partial charge in [-0.3, -0.25) is 9.47 Å². The molecule has 1 saturated heterocycles. The van der Waals surface area contributed by atoms with Crippen molar-refractivity contribution in [2.75, 3.05) is 37.7 Å². The van der Waals surface area contributed by atoms with Crippen LogP contribution in [-0.2, 0) is 19.3 Å². The van der Waals surface area contributed by atoms with Crippen LogP contribution in [0.25, 0.3) is 11.1 Å². The summed E-state index contributed by atoms with van der Waals surface area (Å²) < 4.78 is 51.6.